The Morgan fingerprint density at radius 3 is 2.83 bits per heavy atom. The number of hydrogen-bond acceptors (Lipinski definition) is 3. The van der Waals surface area contributed by atoms with Gasteiger partial charge in [-0.05, 0) is 48.2 Å². The van der Waals surface area contributed by atoms with Crippen molar-refractivity contribution in [3.63, 3.8) is 0 Å². The summed E-state index contributed by atoms with van der Waals surface area (Å²) in [5.41, 5.74) is 3.12. The number of rotatable bonds is 5. The Morgan fingerprint density at radius 2 is 2.13 bits per heavy atom. The third-order valence-electron chi connectivity index (χ3n) is 4.42. The topological polar surface area (TPSA) is 44.0 Å². The summed E-state index contributed by atoms with van der Waals surface area (Å²) in [6.07, 6.45) is 3.22. The van der Waals surface area contributed by atoms with Gasteiger partial charge < -0.3 is 14.8 Å². The zero-order valence-electron chi connectivity index (χ0n) is 13.3. The number of nitriles is 1. The second kappa shape index (κ2) is 7.08. The molecule has 2 heterocycles. The van der Waals surface area contributed by atoms with Crippen LogP contribution in [0.4, 0.5) is 5.69 Å². The van der Waals surface area contributed by atoms with Crippen LogP contribution in [0, 0.1) is 17.2 Å². The summed E-state index contributed by atoms with van der Waals surface area (Å²) in [6.45, 7) is 3.98. The molecule has 1 aliphatic heterocycles. The fourth-order valence-electron chi connectivity index (χ4n) is 3.15. The molecule has 120 valence electrons. The van der Waals surface area contributed by atoms with E-state index >= 15 is 0 Å². The van der Waals surface area contributed by atoms with E-state index in [0.29, 0.717) is 11.6 Å². The van der Waals surface area contributed by atoms with E-state index in [9.17, 15) is 0 Å². The lowest BCUT2D eigenvalue weighted by molar-refractivity contribution is 0.516. The Balaban J connectivity index is 1.47. The summed E-state index contributed by atoms with van der Waals surface area (Å²) in [4.78, 5) is 2.42. The maximum absolute atomic E-state index is 8.98. The zero-order chi connectivity index (χ0) is 16.2. The van der Waals surface area contributed by atoms with Gasteiger partial charge in [0.05, 0.1) is 0 Å². The number of nitrogens with one attached hydrogen (secondary N) is 1. The van der Waals surface area contributed by atoms with E-state index in [4.69, 9.17) is 16.9 Å². The van der Waals surface area contributed by atoms with Gasteiger partial charge in [-0.2, -0.15) is 5.26 Å². The van der Waals surface area contributed by atoms with Crippen molar-refractivity contribution in [1.29, 1.82) is 5.26 Å². The molecule has 1 N–H and O–H groups in total. The predicted molar refractivity (Wildman–Crippen MR) is 93.6 cm³/mol. The molecule has 1 aliphatic rings. The molecule has 1 fully saturated rings. The number of aromatic nitrogens is 1. The van der Waals surface area contributed by atoms with Gasteiger partial charge in [-0.25, -0.2) is 0 Å². The molecule has 5 heteroatoms. The highest BCUT2D eigenvalue weighted by molar-refractivity contribution is 6.30. The normalized spacial score (nSPS) is 17.4. The second-order valence-corrected chi connectivity index (χ2v) is 6.60. The standard InChI is InChI=1S/C18H21ClN4/c1-22-12-15(8-18(22)9-20)11-21-10-14-6-7-23(13-14)17-4-2-16(19)3-5-17/h2-5,8,12,14,21H,6-7,10-11,13H2,1H3. The van der Waals surface area contributed by atoms with Gasteiger partial charge in [0.15, 0.2) is 0 Å². The molecule has 1 atom stereocenters. The molecule has 0 spiro atoms. The summed E-state index contributed by atoms with van der Waals surface area (Å²) in [6, 6.07) is 12.2. The lowest BCUT2D eigenvalue weighted by Crippen LogP contribution is -2.26. The van der Waals surface area contributed by atoms with Gasteiger partial charge in [0.1, 0.15) is 11.8 Å². The van der Waals surface area contributed by atoms with Crippen LogP contribution in [-0.4, -0.2) is 24.2 Å². The van der Waals surface area contributed by atoms with Crippen molar-refractivity contribution in [1.82, 2.24) is 9.88 Å². The first-order chi connectivity index (χ1) is 11.2. The Kier molecular flexibility index (Phi) is 4.90. The van der Waals surface area contributed by atoms with Crippen LogP contribution in [0.1, 0.15) is 17.7 Å². The maximum Gasteiger partial charge on any atom is 0.120 e. The average molecular weight is 329 g/mol. The Labute approximate surface area is 142 Å². The van der Waals surface area contributed by atoms with Gasteiger partial charge in [0.2, 0.25) is 0 Å². The van der Waals surface area contributed by atoms with Gasteiger partial charge in [0, 0.05) is 50.1 Å². The molecule has 3 rings (SSSR count). The Bertz CT molecular complexity index is 699. The minimum absolute atomic E-state index is 0.657. The first kappa shape index (κ1) is 15.9. The van der Waals surface area contributed by atoms with Gasteiger partial charge >= 0.3 is 0 Å². The summed E-state index contributed by atoms with van der Waals surface area (Å²) in [7, 11) is 1.91. The van der Waals surface area contributed by atoms with Crippen LogP contribution >= 0.6 is 11.6 Å². The number of nitrogens with zero attached hydrogens (tertiary/aromatic N) is 3. The number of halogens is 1. The predicted octanol–water partition coefficient (Wildman–Crippen LogP) is 3.17. The molecule has 0 aliphatic carbocycles. The first-order valence-corrected chi connectivity index (χ1v) is 8.30. The van der Waals surface area contributed by atoms with Crippen molar-refractivity contribution >= 4 is 17.3 Å². The van der Waals surface area contributed by atoms with E-state index in [2.05, 4.69) is 28.4 Å². The van der Waals surface area contributed by atoms with Gasteiger partial charge in [-0.15, -0.1) is 0 Å². The molecule has 0 amide bonds. The Hall–Kier alpha value is -1.96. The summed E-state index contributed by atoms with van der Waals surface area (Å²) in [5, 5.41) is 13.3. The summed E-state index contributed by atoms with van der Waals surface area (Å²) < 4.78 is 1.87. The van der Waals surface area contributed by atoms with Crippen LogP contribution < -0.4 is 10.2 Å². The summed E-state index contributed by atoms with van der Waals surface area (Å²) >= 11 is 5.95. The largest absolute Gasteiger partial charge is 0.371 e. The highest BCUT2D eigenvalue weighted by Gasteiger charge is 2.22. The van der Waals surface area contributed by atoms with Crippen LogP contribution in [0.25, 0.3) is 0 Å². The minimum Gasteiger partial charge on any atom is -0.371 e. The van der Waals surface area contributed by atoms with Crippen molar-refractivity contribution < 1.29 is 0 Å². The molecule has 4 nitrogen and oxygen atoms in total. The van der Waals surface area contributed by atoms with Crippen molar-refractivity contribution in [3.05, 3.63) is 52.8 Å². The zero-order valence-corrected chi connectivity index (χ0v) is 14.1. The molecule has 1 saturated heterocycles. The number of anilines is 1. The highest BCUT2D eigenvalue weighted by atomic mass is 35.5. The smallest absolute Gasteiger partial charge is 0.120 e. The van der Waals surface area contributed by atoms with Crippen molar-refractivity contribution in [2.24, 2.45) is 13.0 Å². The molecule has 1 aromatic carbocycles. The fraction of sp³-hybridized carbons (Fsp3) is 0.389. The minimum atomic E-state index is 0.657. The molecule has 0 radical (unpaired) electrons. The SMILES string of the molecule is Cn1cc(CNCC2CCN(c3ccc(Cl)cc3)C2)cc1C#N. The lowest BCUT2D eigenvalue weighted by Gasteiger charge is -2.19. The van der Waals surface area contributed by atoms with Gasteiger partial charge in [0.25, 0.3) is 0 Å². The molecule has 0 saturated carbocycles. The van der Waals surface area contributed by atoms with E-state index in [1.807, 2.05) is 36.0 Å². The molecule has 0 bridgehead atoms. The number of benzene rings is 1. The number of hydrogen-bond donors (Lipinski definition) is 1. The monoisotopic (exact) mass is 328 g/mol. The van der Waals surface area contributed by atoms with Crippen LogP contribution in [0.5, 0.6) is 0 Å². The van der Waals surface area contributed by atoms with E-state index in [1.54, 1.807) is 0 Å². The van der Waals surface area contributed by atoms with Crippen molar-refractivity contribution in [2.75, 3.05) is 24.5 Å². The maximum atomic E-state index is 8.98. The lowest BCUT2D eigenvalue weighted by atomic mass is 10.1. The Morgan fingerprint density at radius 1 is 1.35 bits per heavy atom. The third-order valence-corrected chi connectivity index (χ3v) is 4.67. The summed E-state index contributed by atoms with van der Waals surface area (Å²) in [5.74, 6) is 0.657. The molecule has 23 heavy (non-hydrogen) atoms. The second-order valence-electron chi connectivity index (χ2n) is 6.16. The average Bonchev–Trinajstić information content (AvgIpc) is 3.15. The van der Waals surface area contributed by atoms with E-state index in [1.165, 1.54) is 12.1 Å². The van der Waals surface area contributed by atoms with Crippen molar-refractivity contribution in [3.8, 4) is 6.07 Å². The van der Waals surface area contributed by atoms with Crippen LogP contribution in [-0.2, 0) is 13.6 Å². The highest BCUT2D eigenvalue weighted by Crippen LogP contribution is 2.24. The van der Waals surface area contributed by atoms with Gasteiger partial charge in [-0.1, -0.05) is 11.6 Å². The first-order valence-electron chi connectivity index (χ1n) is 7.92. The van der Waals surface area contributed by atoms with E-state index < -0.39 is 0 Å². The van der Waals surface area contributed by atoms with Crippen LogP contribution in [0.2, 0.25) is 5.02 Å². The molecule has 2 aromatic rings. The third kappa shape index (κ3) is 3.87. The van der Waals surface area contributed by atoms with Crippen molar-refractivity contribution in [2.45, 2.75) is 13.0 Å². The molecule has 1 aromatic heterocycles. The van der Waals surface area contributed by atoms with E-state index in [0.717, 1.165) is 36.8 Å². The fourth-order valence-corrected chi connectivity index (χ4v) is 3.27. The molecular formula is C18H21ClN4. The van der Waals surface area contributed by atoms with Crippen LogP contribution in [0.15, 0.2) is 36.5 Å². The van der Waals surface area contributed by atoms with Crippen LogP contribution in [0.3, 0.4) is 0 Å². The quantitative estimate of drug-likeness (QED) is 0.917. The van der Waals surface area contributed by atoms with E-state index in [-0.39, 0.29) is 0 Å². The number of aryl methyl sites for hydroxylation is 1. The van der Waals surface area contributed by atoms with Gasteiger partial charge in [-0.3, -0.25) is 0 Å². The molecule has 1 unspecified atom stereocenters. The molecular weight excluding hydrogens is 308 g/mol.